The summed E-state index contributed by atoms with van der Waals surface area (Å²) in [6.45, 7) is 11.9. The zero-order valence-corrected chi connectivity index (χ0v) is 18.0. The maximum Gasteiger partial charge on any atom is 0.344 e. The number of ether oxygens (including phenoxy) is 1. The van der Waals surface area contributed by atoms with Crippen LogP contribution in [0.4, 0.5) is 0 Å². The van der Waals surface area contributed by atoms with Crippen LogP contribution in [0.15, 0.2) is 27.8 Å². The molecule has 0 saturated heterocycles. The van der Waals surface area contributed by atoms with E-state index in [4.69, 9.17) is 19.1 Å². The quantitative estimate of drug-likeness (QED) is 0.487. The lowest BCUT2D eigenvalue weighted by Gasteiger charge is -2.15. The highest BCUT2D eigenvalue weighted by Gasteiger charge is 2.22. The summed E-state index contributed by atoms with van der Waals surface area (Å²) in [7, 11) is 0. The molecule has 0 radical (unpaired) electrons. The molecule has 0 amide bonds. The number of carbonyl (C=O) groups is 1. The number of benzene rings is 1. The summed E-state index contributed by atoms with van der Waals surface area (Å²) < 4.78 is 11.3. The highest BCUT2D eigenvalue weighted by Crippen LogP contribution is 2.24. The van der Waals surface area contributed by atoms with Crippen LogP contribution in [0.2, 0.25) is 0 Å². The molecule has 0 fully saturated rings. The fourth-order valence-corrected chi connectivity index (χ4v) is 2.61. The normalized spacial score (nSPS) is 12.9. The average Bonchev–Trinajstić information content (AvgIpc) is 3.01. The molecule has 1 atom stereocenters. The number of rotatable bonds is 9. The molecular formula is C22H30N2O5. The Hall–Kier alpha value is -2.83. The number of carboxylic acids is 1. The van der Waals surface area contributed by atoms with E-state index in [1.165, 1.54) is 0 Å². The number of aryl methyl sites for hydroxylation is 2. The van der Waals surface area contributed by atoms with Gasteiger partial charge in [-0.15, -0.1) is 0 Å². The van der Waals surface area contributed by atoms with Crippen molar-refractivity contribution in [1.29, 1.82) is 0 Å². The molecule has 1 heterocycles. The van der Waals surface area contributed by atoms with Gasteiger partial charge in [0.25, 0.3) is 0 Å². The third-order valence-electron chi connectivity index (χ3n) is 4.37. The van der Waals surface area contributed by atoms with Crippen molar-refractivity contribution in [3.8, 4) is 5.75 Å². The molecule has 1 aromatic heterocycles. The predicted molar refractivity (Wildman–Crippen MR) is 110 cm³/mol. The minimum Gasteiger partial charge on any atom is -0.479 e. The minimum atomic E-state index is -0.961. The van der Waals surface area contributed by atoms with Crippen LogP contribution in [-0.4, -0.2) is 28.4 Å². The van der Waals surface area contributed by atoms with Gasteiger partial charge in [0.2, 0.25) is 0 Å². The van der Waals surface area contributed by atoms with E-state index in [0.717, 1.165) is 22.6 Å². The van der Waals surface area contributed by atoms with Crippen molar-refractivity contribution in [2.75, 3.05) is 0 Å². The van der Waals surface area contributed by atoms with E-state index in [2.05, 4.69) is 10.1 Å². The number of oxazole rings is 1. The Morgan fingerprint density at radius 1 is 1.34 bits per heavy atom. The molecule has 29 heavy (non-hydrogen) atoms. The van der Waals surface area contributed by atoms with E-state index in [9.17, 15) is 4.79 Å². The van der Waals surface area contributed by atoms with E-state index >= 15 is 0 Å². The van der Waals surface area contributed by atoms with Crippen molar-refractivity contribution in [2.24, 2.45) is 5.16 Å². The summed E-state index contributed by atoms with van der Waals surface area (Å²) in [5, 5.41) is 13.1. The van der Waals surface area contributed by atoms with Crippen LogP contribution in [0.3, 0.4) is 0 Å². The molecule has 0 saturated carbocycles. The molecule has 0 spiro atoms. The van der Waals surface area contributed by atoms with Crippen LogP contribution in [0.25, 0.3) is 0 Å². The lowest BCUT2D eigenvalue weighted by molar-refractivity contribution is -0.145. The van der Waals surface area contributed by atoms with Gasteiger partial charge in [0.05, 0.1) is 0 Å². The van der Waals surface area contributed by atoms with Gasteiger partial charge in [-0.25, -0.2) is 9.78 Å². The second-order valence-electron chi connectivity index (χ2n) is 7.99. The van der Waals surface area contributed by atoms with Crippen molar-refractivity contribution in [3.63, 3.8) is 0 Å². The fraction of sp³-hybridized carbons (Fsp3) is 0.500. The van der Waals surface area contributed by atoms with Gasteiger partial charge in [-0.1, -0.05) is 45.0 Å². The number of carboxylic acid groups (broad SMARTS) is 1. The van der Waals surface area contributed by atoms with Gasteiger partial charge < -0.3 is 19.1 Å². The highest BCUT2D eigenvalue weighted by molar-refractivity contribution is 5.72. The molecule has 1 N–H and O–H groups in total. The first-order valence-corrected chi connectivity index (χ1v) is 9.71. The summed E-state index contributed by atoms with van der Waals surface area (Å²) >= 11 is 0. The summed E-state index contributed by atoms with van der Waals surface area (Å²) in [6.07, 6.45) is 1.83. The van der Waals surface area contributed by atoms with E-state index in [-0.39, 0.29) is 12.0 Å². The first-order chi connectivity index (χ1) is 13.6. The van der Waals surface area contributed by atoms with Crippen molar-refractivity contribution < 1.29 is 23.9 Å². The smallest absolute Gasteiger partial charge is 0.344 e. The van der Waals surface area contributed by atoms with Gasteiger partial charge in [-0.2, -0.15) is 0 Å². The SMILES string of the molecule is CCC(Oc1ccc(CC=NOCc2nc(C(C)(C)C)oc2C)cc1C)C(=O)O. The third kappa shape index (κ3) is 6.34. The summed E-state index contributed by atoms with van der Waals surface area (Å²) in [6, 6.07) is 5.63. The van der Waals surface area contributed by atoms with Crippen molar-refractivity contribution in [3.05, 3.63) is 46.7 Å². The number of hydrogen-bond acceptors (Lipinski definition) is 6. The van der Waals surface area contributed by atoms with E-state index in [1.807, 2.05) is 46.8 Å². The molecule has 0 aliphatic heterocycles. The second kappa shape index (κ2) is 9.58. The third-order valence-corrected chi connectivity index (χ3v) is 4.37. The lowest BCUT2D eigenvalue weighted by atomic mass is 9.97. The Kier molecular flexibility index (Phi) is 7.42. The van der Waals surface area contributed by atoms with Crippen LogP contribution >= 0.6 is 0 Å². The maximum atomic E-state index is 11.1. The molecule has 1 aromatic carbocycles. The second-order valence-corrected chi connectivity index (χ2v) is 7.99. The van der Waals surface area contributed by atoms with Crippen LogP contribution in [0, 0.1) is 13.8 Å². The maximum absolute atomic E-state index is 11.1. The molecule has 7 heteroatoms. The Labute approximate surface area is 171 Å². The number of aromatic nitrogens is 1. The predicted octanol–water partition coefficient (Wildman–Crippen LogP) is 4.58. The largest absolute Gasteiger partial charge is 0.479 e. The molecule has 0 bridgehead atoms. The first kappa shape index (κ1) is 22.5. The summed E-state index contributed by atoms with van der Waals surface area (Å²) in [5.41, 5.74) is 2.50. The Balaban J connectivity index is 1.88. The number of oxime groups is 1. The van der Waals surface area contributed by atoms with Crippen LogP contribution in [-0.2, 0) is 28.1 Å². The molecular weight excluding hydrogens is 372 g/mol. The number of nitrogens with zero attached hydrogens (tertiary/aromatic N) is 2. The van der Waals surface area contributed by atoms with E-state index in [0.29, 0.717) is 24.5 Å². The van der Waals surface area contributed by atoms with Gasteiger partial charge in [-0.3, -0.25) is 0 Å². The van der Waals surface area contributed by atoms with Crippen LogP contribution < -0.4 is 4.74 Å². The van der Waals surface area contributed by atoms with Crippen molar-refractivity contribution in [1.82, 2.24) is 4.98 Å². The molecule has 1 unspecified atom stereocenters. The van der Waals surface area contributed by atoms with Gasteiger partial charge >= 0.3 is 5.97 Å². The molecule has 2 rings (SSSR count). The lowest BCUT2D eigenvalue weighted by Crippen LogP contribution is -2.26. The topological polar surface area (TPSA) is 94.2 Å². The van der Waals surface area contributed by atoms with E-state index in [1.54, 1.807) is 19.2 Å². The average molecular weight is 402 g/mol. The first-order valence-electron chi connectivity index (χ1n) is 9.71. The molecule has 0 aliphatic carbocycles. The summed E-state index contributed by atoms with van der Waals surface area (Å²) in [4.78, 5) is 21.0. The minimum absolute atomic E-state index is 0.151. The van der Waals surface area contributed by atoms with Crippen molar-refractivity contribution in [2.45, 2.75) is 72.5 Å². The zero-order chi connectivity index (χ0) is 21.6. The fourth-order valence-electron chi connectivity index (χ4n) is 2.61. The monoisotopic (exact) mass is 402 g/mol. The molecule has 7 nitrogen and oxygen atoms in total. The highest BCUT2D eigenvalue weighted by atomic mass is 16.6. The zero-order valence-electron chi connectivity index (χ0n) is 18.0. The standard InChI is InChI=1S/C22H30N2O5/c1-7-18(20(25)26)29-19-9-8-16(12-14(19)2)10-11-23-27-13-17-15(3)28-21(24-17)22(4,5)6/h8-9,11-12,18H,7,10,13H2,1-6H3,(H,25,26). The summed E-state index contributed by atoms with van der Waals surface area (Å²) in [5.74, 6) is 1.04. The Bertz CT molecular complexity index is 865. The Morgan fingerprint density at radius 3 is 2.62 bits per heavy atom. The van der Waals surface area contributed by atoms with Gasteiger partial charge in [-0.05, 0) is 37.5 Å². The van der Waals surface area contributed by atoms with Crippen molar-refractivity contribution >= 4 is 12.2 Å². The number of hydrogen-bond donors (Lipinski definition) is 1. The van der Waals surface area contributed by atoms with Crippen LogP contribution in [0.1, 0.15) is 62.6 Å². The van der Waals surface area contributed by atoms with Crippen LogP contribution in [0.5, 0.6) is 5.75 Å². The Morgan fingerprint density at radius 2 is 2.07 bits per heavy atom. The van der Waals surface area contributed by atoms with Gasteiger partial charge in [0.15, 0.2) is 18.6 Å². The van der Waals surface area contributed by atoms with Gasteiger partial charge in [0.1, 0.15) is 17.2 Å². The van der Waals surface area contributed by atoms with E-state index < -0.39 is 12.1 Å². The molecule has 158 valence electrons. The molecule has 2 aromatic rings. The van der Waals surface area contributed by atoms with Gasteiger partial charge in [0, 0.05) is 18.1 Å². The number of aliphatic carboxylic acids is 1. The molecule has 0 aliphatic rings.